The van der Waals surface area contributed by atoms with Gasteiger partial charge in [0.25, 0.3) is 0 Å². The Morgan fingerprint density at radius 1 is 1.36 bits per heavy atom. The number of nitrogens with two attached hydrogens (primary N) is 1. The number of rotatable bonds is 5. The van der Waals surface area contributed by atoms with E-state index in [1.807, 2.05) is 0 Å². The SMILES string of the molecule is CC(N)C(=O)NCC(C1CC1)C1CC1. The van der Waals surface area contributed by atoms with Gasteiger partial charge in [-0.2, -0.15) is 0 Å². The summed E-state index contributed by atoms with van der Waals surface area (Å²) < 4.78 is 0. The predicted molar refractivity (Wildman–Crippen MR) is 55.6 cm³/mol. The Kier molecular flexibility index (Phi) is 2.77. The molecule has 0 saturated heterocycles. The maximum absolute atomic E-state index is 11.3. The molecule has 0 aromatic rings. The summed E-state index contributed by atoms with van der Waals surface area (Å²) in [5.74, 6) is 2.54. The number of nitrogens with one attached hydrogen (secondary N) is 1. The molecule has 3 heteroatoms. The third-order valence-corrected chi connectivity index (χ3v) is 3.38. The highest BCUT2D eigenvalue weighted by atomic mass is 16.2. The van der Waals surface area contributed by atoms with Crippen molar-refractivity contribution in [1.29, 1.82) is 0 Å². The normalized spacial score (nSPS) is 23.6. The molecule has 0 heterocycles. The fraction of sp³-hybridized carbons (Fsp3) is 0.909. The van der Waals surface area contributed by atoms with E-state index in [0.717, 1.165) is 24.3 Å². The Morgan fingerprint density at radius 3 is 2.21 bits per heavy atom. The van der Waals surface area contributed by atoms with E-state index >= 15 is 0 Å². The quantitative estimate of drug-likeness (QED) is 0.686. The van der Waals surface area contributed by atoms with Crippen molar-refractivity contribution in [1.82, 2.24) is 5.32 Å². The molecule has 1 unspecified atom stereocenters. The number of amides is 1. The van der Waals surface area contributed by atoms with Crippen LogP contribution in [0.2, 0.25) is 0 Å². The van der Waals surface area contributed by atoms with Crippen molar-refractivity contribution in [2.75, 3.05) is 6.54 Å². The van der Waals surface area contributed by atoms with E-state index in [-0.39, 0.29) is 11.9 Å². The second kappa shape index (κ2) is 3.89. The maximum Gasteiger partial charge on any atom is 0.236 e. The Hall–Kier alpha value is -0.570. The maximum atomic E-state index is 11.3. The zero-order valence-corrected chi connectivity index (χ0v) is 8.83. The van der Waals surface area contributed by atoms with Gasteiger partial charge in [0, 0.05) is 6.54 Å². The molecule has 0 spiro atoms. The van der Waals surface area contributed by atoms with E-state index < -0.39 is 0 Å². The Balaban J connectivity index is 1.74. The Morgan fingerprint density at radius 2 is 1.86 bits per heavy atom. The molecular weight excluding hydrogens is 176 g/mol. The van der Waals surface area contributed by atoms with E-state index in [1.54, 1.807) is 6.92 Å². The van der Waals surface area contributed by atoms with Gasteiger partial charge in [0.15, 0.2) is 0 Å². The van der Waals surface area contributed by atoms with Crippen molar-refractivity contribution >= 4 is 5.91 Å². The molecule has 2 fully saturated rings. The molecule has 3 N–H and O–H groups in total. The Labute approximate surface area is 85.4 Å². The smallest absolute Gasteiger partial charge is 0.236 e. The van der Waals surface area contributed by atoms with Crippen LogP contribution in [0.4, 0.5) is 0 Å². The van der Waals surface area contributed by atoms with Crippen LogP contribution in [0.1, 0.15) is 32.6 Å². The van der Waals surface area contributed by atoms with Gasteiger partial charge in [-0.15, -0.1) is 0 Å². The Bertz CT molecular complexity index is 207. The van der Waals surface area contributed by atoms with E-state index in [1.165, 1.54) is 25.7 Å². The first-order valence-corrected chi connectivity index (χ1v) is 5.71. The number of hydrogen-bond acceptors (Lipinski definition) is 2. The minimum atomic E-state index is -0.367. The summed E-state index contributed by atoms with van der Waals surface area (Å²) >= 11 is 0. The third-order valence-electron chi connectivity index (χ3n) is 3.38. The van der Waals surface area contributed by atoms with Gasteiger partial charge >= 0.3 is 0 Å². The lowest BCUT2D eigenvalue weighted by molar-refractivity contribution is -0.122. The molecule has 2 aliphatic rings. The predicted octanol–water partition coefficient (Wildman–Crippen LogP) is 0.886. The van der Waals surface area contributed by atoms with Crippen molar-refractivity contribution in [2.24, 2.45) is 23.5 Å². The average molecular weight is 196 g/mol. The molecule has 2 saturated carbocycles. The minimum absolute atomic E-state index is 0.00343. The van der Waals surface area contributed by atoms with Crippen LogP contribution in [-0.4, -0.2) is 18.5 Å². The zero-order valence-electron chi connectivity index (χ0n) is 8.83. The van der Waals surface area contributed by atoms with E-state index in [0.29, 0.717) is 0 Å². The topological polar surface area (TPSA) is 55.1 Å². The largest absolute Gasteiger partial charge is 0.354 e. The molecule has 0 aromatic carbocycles. The monoisotopic (exact) mass is 196 g/mol. The molecule has 0 aliphatic heterocycles. The molecule has 80 valence electrons. The van der Waals surface area contributed by atoms with Crippen molar-refractivity contribution in [3.63, 3.8) is 0 Å². The van der Waals surface area contributed by atoms with Gasteiger partial charge in [0.1, 0.15) is 0 Å². The van der Waals surface area contributed by atoms with Gasteiger partial charge in [-0.3, -0.25) is 4.79 Å². The zero-order chi connectivity index (χ0) is 10.1. The highest BCUT2D eigenvalue weighted by Gasteiger charge is 2.41. The number of hydrogen-bond donors (Lipinski definition) is 2. The first-order chi connectivity index (χ1) is 6.68. The molecule has 2 aliphatic carbocycles. The highest BCUT2D eigenvalue weighted by molar-refractivity contribution is 5.80. The van der Waals surface area contributed by atoms with Crippen LogP contribution in [0.5, 0.6) is 0 Å². The first-order valence-electron chi connectivity index (χ1n) is 5.71. The first kappa shape index (κ1) is 9.97. The van der Waals surface area contributed by atoms with E-state index in [4.69, 9.17) is 5.73 Å². The average Bonchev–Trinajstić information content (AvgIpc) is 2.99. The fourth-order valence-electron chi connectivity index (χ4n) is 2.15. The standard InChI is InChI=1S/C11H20N2O/c1-7(12)11(14)13-6-10(8-2-3-8)9-4-5-9/h7-10H,2-6,12H2,1H3,(H,13,14). The molecule has 14 heavy (non-hydrogen) atoms. The highest BCUT2D eigenvalue weighted by Crippen LogP contribution is 2.48. The summed E-state index contributed by atoms with van der Waals surface area (Å²) in [6.07, 6.45) is 5.48. The van der Waals surface area contributed by atoms with Gasteiger partial charge in [0.2, 0.25) is 5.91 Å². The second-order valence-electron chi connectivity index (χ2n) is 4.87. The summed E-state index contributed by atoms with van der Waals surface area (Å²) in [4.78, 5) is 11.3. The van der Waals surface area contributed by atoms with E-state index in [2.05, 4.69) is 5.32 Å². The van der Waals surface area contributed by atoms with Crippen LogP contribution in [-0.2, 0) is 4.79 Å². The molecule has 3 nitrogen and oxygen atoms in total. The lowest BCUT2D eigenvalue weighted by Crippen LogP contribution is -2.41. The summed E-state index contributed by atoms with van der Waals surface area (Å²) in [5, 5.41) is 2.96. The van der Waals surface area contributed by atoms with Gasteiger partial charge in [-0.05, 0) is 50.4 Å². The molecule has 1 amide bonds. The van der Waals surface area contributed by atoms with Crippen molar-refractivity contribution in [3.05, 3.63) is 0 Å². The van der Waals surface area contributed by atoms with Crippen LogP contribution < -0.4 is 11.1 Å². The second-order valence-corrected chi connectivity index (χ2v) is 4.87. The van der Waals surface area contributed by atoms with Crippen molar-refractivity contribution < 1.29 is 4.79 Å². The summed E-state index contributed by atoms with van der Waals surface area (Å²) in [7, 11) is 0. The van der Waals surface area contributed by atoms with Gasteiger partial charge < -0.3 is 11.1 Å². The van der Waals surface area contributed by atoms with Crippen LogP contribution in [0.15, 0.2) is 0 Å². The molecular formula is C11H20N2O. The molecule has 2 rings (SSSR count). The third kappa shape index (κ3) is 2.47. The summed E-state index contributed by atoms with van der Waals surface area (Å²) in [6, 6.07) is -0.367. The lowest BCUT2D eigenvalue weighted by atomic mass is 9.98. The summed E-state index contributed by atoms with van der Waals surface area (Å²) in [6.45, 7) is 2.59. The molecule has 0 bridgehead atoms. The molecule has 1 atom stereocenters. The fourth-order valence-corrected chi connectivity index (χ4v) is 2.15. The molecule has 0 aromatic heterocycles. The van der Waals surface area contributed by atoms with Crippen molar-refractivity contribution in [2.45, 2.75) is 38.6 Å². The van der Waals surface area contributed by atoms with Gasteiger partial charge in [-0.25, -0.2) is 0 Å². The summed E-state index contributed by atoms with van der Waals surface area (Å²) in [5.41, 5.74) is 5.49. The molecule has 0 radical (unpaired) electrons. The van der Waals surface area contributed by atoms with Gasteiger partial charge in [-0.1, -0.05) is 0 Å². The van der Waals surface area contributed by atoms with Crippen LogP contribution in [0.3, 0.4) is 0 Å². The van der Waals surface area contributed by atoms with Gasteiger partial charge in [0.05, 0.1) is 6.04 Å². The van der Waals surface area contributed by atoms with Crippen LogP contribution >= 0.6 is 0 Å². The van der Waals surface area contributed by atoms with Crippen LogP contribution in [0.25, 0.3) is 0 Å². The number of carbonyl (C=O) groups is 1. The van der Waals surface area contributed by atoms with Crippen LogP contribution in [0, 0.1) is 17.8 Å². The van der Waals surface area contributed by atoms with E-state index in [9.17, 15) is 4.79 Å². The van der Waals surface area contributed by atoms with Crippen molar-refractivity contribution in [3.8, 4) is 0 Å². The number of carbonyl (C=O) groups excluding carboxylic acids is 1. The lowest BCUT2D eigenvalue weighted by Gasteiger charge is -2.17. The minimum Gasteiger partial charge on any atom is -0.354 e.